The molecule has 2 aliphatic rings. The summed E-state index contributed by atoms with van der Waals surface area (Å²) in [6.45, 7) is 4.33. The first-order chi connectivity index (χ1) is 17.1. The number of ether oxygens (including phenoxy) is 1. The van der Waals surface area contributed by atoms with Crippen LogP contribution >= 0.6 is 0 Å². The van der Waals surface area contributed by atoms with Gasteiger partial charge in [-0.05, 0) is 43.9 Å². The molecule has 3 aromatic rings. The predicted octanol–water partition coefficient (Wildman–Crippen LogP) is 6.04. The highest BCUT2D eigenvalue weighted by Gasteiger charge is 2.41. The number of hydrogen-bond donors (Lipinski definition) is 2. The lowest BCUT2D eigenvalue weighted by Gasteiger charge is -2.46. The molecule has 0 spiro atoms. The zero-order chi connectivity index (χ0) is 24.4. The molecule has 7 heteroatoms. The number of hydrogen-bond acceptors (Lipinski definition) is 6. The second-order valence-electron chi connectivity index (χ2n) is 9.28. The van der Waals surface area contributed by atoms with Gasteiger partial charge in [-0.2, -0.15) is 0 Å². The fourth-order valence-electron chi connectivity index (χ4n) is 5.24. The van der Waals surface area contributed by atoms with Gasteiger partial charge in [-0.25, -0.2) is 9.97 Å². The first-order valence-electron chi connectivity index (χ1n) is 12.4. The fraction of sp³-hybridized carbons (Fsp3) is 0.357. The van der Waals surface area contributed by atoms with E-state index in [2.05, 4.69) is 16.8 Å². The van der Waals surface area contributed by atoms with Crippen molar-refractivity contribution in [3.8, 4) is 17.1 Å². The number of rotatable bonds is 6. The van der Waals surface area contributed by atoms with Crippen LogP contribution in [-0.2, 0) is 6.61 Å². The molecule has 35 heavy (non-hydrogen) atoms. The summed E-state index contributed by atoms with van der Waals surface area (Å²) in [5, 5.41) is 17.2. The molecule has 180 valence electrons. The average molecular weight is 469 g/mol. The van der Waals surface area contributed by atoms with Crippen LogP contribution in [0.5, 0.6) is 5.75 Å². The number of benzene rings is 2. The van der Waals surface area contributed by atoms with Crippen LogP contribution in [-0.4, -0.2) is 33.7 Å². The van der Waals surface area contributed by atoms with Gasteiger partial charge in [-0.15, -0.1) is 0 Å². The molecule has 1 atom stereocenters. The molecule has 1 fully saturated rings. The van der Waals surface area contributed by atoms with Crippen molar-refractivity contribution in [1.82, 2.24) is 9.97 Å². The molecule has 0 bridgehead atoms. The quantitative estimate of drug-likeness (QED) is 0.340. The minimum Gasteiger partial charge on any atom is -0.489 e. The lowest BCUT2D eigenvalue weighted by atomic mass is 10.0. The standard InChI is InChI=1S/C28H32N6O/c1-3-24-26(30)33(19(2)29)25-17-31-27(32-28(25)34(24)22-13-7-8-14-22)21-12-9-15-23(16-21)35-18-20-10-5-4-6-11-20/h4-6,9-12,15-17,22,24,29-30H,3,7-8,13-14,18H2,1-2H3/t24-/m1/s1. The number of nitrogens with zero attached hydrogens (tertiary/aromatic N) is 4. The average Bonchev–Trinajstić information content (AvgIpc) is 3.41. The van der Waals surface area contributed by atoms with Crippen LogP contribution in [0.15, 0.2) is 60.8 Å². The van der Waals surface area contributed by atoms with Crippen molar-refractivity contribution >= 4 is 23.2 Å². The van der Waals surface area contributed by atoms with Crippen LogP contribution in [0.2, 0.25) is 0 Å². The molecule has 2 aromatic carbocycles. The monoisotopic (exact) mass is 468 g/mol. The van der Waals surface area contributed by atoms with E-state index >= 15 is 0 Å². The van der Waals surface area contributed by atoms with Crippen molar-refractivity contribution in [3.05, 3.63) is 66.4 Å². The second kappa shape index (κ2) is 9.86. The normalized spacial score (nSPS) is 18.0. The summed E-state index contributed by atoms with van der Waals surface area (Å²) < 4.78 is 6.04. The maximum atomic E-state index is 8.89. The van der Waals surface area contributed by atoms with E-state index < -0.39 is 0 Å². The molecule has 1 aromatic heterocycles. The Kier molecular flexibility index (Phi) is 6.49. The van der Waals surface area contributed by atoms with Crippen molar-refractivity contribution in [3.63, 3.8) is 0 Å². The Bertz CT molecular complexity index is 1220. The van der Waals surface area contributed by atoms with Crippen molar-refractivity contribution in [2.45, 2.75) is 64.6 Å². The minimum atomic E-state index is -0.103. The molecule has 1 saturated carbocycles. The first kappa shape index (κ1) is 23.0. The Morgan fingerprint density at radius 1 is 1.09 bits per heavy atom. The van der Waals surface area contributed by atoms with Gasteiger partial charge in [-0.3, -0.25) is 15.7 Å². The molecule has 1 aliphatic heterocycles. The van der Waals surface area contributed by atoms with Crippen LogP contribution in [0.3, 0.4) is 0 Å². The van der Waals surface area contributed by atoms with Gasteiger partial charge in [-0.1, -0.05) is 62.2 Å². The van der Waals surface area contributed by atoms with Crippen molar-refractivity contribution in [2.24, 2.45) is 0 Å². The van der Waals surface area contributed by atoms with Crippen LogP contribution < -0.4 is 14.5 Å². The molecule has 0 amide bonds. The molecule has 2 heterocycles. The highest BCUT2D eigenvalue weighted by Crippen LogP contribution is 2.41. The number of anilines is 2. The van der Waals surface area contributed by atoms with Gasteiger partial charge >= 0.3 is 0 Å². The fourth-order valence-corrected chi connectivity index (χ4v) is 5.24. The van der Waals surface area contributed by atoms with Gasteiger partial charge < -0.3 is 9.64 Å². The predicted molar refractivity (Wildman–Crippen MR) is 141 cm³/mol. The zero-order valence-electron chi connectivity index (χ0n) is 20.4. The first-order valence-corrected chi connectivity index (χ1v) is 12.4. The molecule has 2 N–H and O–H groups in total. The second-order valence-corrected chi connectivity index (χ2v) is 9.28. The molecule has 0 radical (unpaired) electrons. The van der Waals surface area contributed by atoms with Gasteiger partial charge in [0.15, 0.2) is 11.6 Å². The molecular formula is C28H32N6O. The van der Waals surface area contributed by atoms with Crippen LogP contribution in [0, 0.1) is 10.8 Å². The van der Waals surface area contributed by atoms with Crippen LogP contribution in [0.1, 0.15) is 51.5 Å². The molecule has 7 nitrogen and oxygen atoms in total. The van der Waals surface area contributed by atoms with E-state index in [0.29, 0.717) is 30.1 Å². The number of amidine groups is 2. The third kappa shape index (κ3) is 4.50. The van der Waals surface area contributed by atoms with E-state index in [9.17, 15) is 0 Å². The van der Waals surface area contributed by atoms with Gasteiger partial charge in [0.1, 0.15) is 29.7 Å². The summed E-state index contributed by atoms with van der Waals surface area (Å²) in [4.78, 5) is 13.8. The summed E-state index contributed by atoms with van der Waals surface area (Å²) >= 11 is 0. The Balaban J connectivity index is 1.51. The van der Waals surface area contributed by atoms with Crippen molar-refractivity contribution in [2.75, 3.05) is 9.80 Å². The third-order valence-corrected chi connectivity index (χ3v) is 6.91. The maximum absolute atomic E-state index is 8.89. The van der Waals surface area contributed by atoms with Gasteiger partial charge in [0.05, 0.1) is 12.2 Å². The Morgan fingerprint density at radius 2 is 1.86 bits per heavy atom. The highest BCUT2D eigenvalue weighted by molar-refractivity contribution is 6.21. The minimum absolute atomic E-state index is 0.103. The summed E-state index contributed by atoms with van der Waals surface area (Å²) in [5.41, 5.74) is 2.72. The Labute approximate surface area is 206 Å². The number of aromatic nitrogens is 2. The van der Waals surface area contributed by atoms with Gasteiger partial charge in [0.25, 0.3) is 0 Å². The van der Waals surface area contributed by atoms with E-state index in [1.54, 1.807) is 18.0 Å². The van der Waals surface area contributed by atoms with Crippen molar-refractivity contribution in [1.29, 1.82) is 10.8 Å². The smallest absolute Gasteiger partial charge is 0.161 e. The topological polar surface area (TPSA) is 89.2 Å². The number of fused-ring (bicyclic) bond motifs is 1. The highest BCUT2D eigenvalue weighted by atomic mass is 16.5. The van der Waals surface area contributed by atoms with Crippen LogP contribution in [0.25, 0.3) is 11.4 Å². The summed E-state index contributed by atoms with van der Waals surface area (Å²) in [6, 6.07) is 18.3. The van der Waals surface area contributed by atoms with E-state index in [0.717, 1.165) is 47.6 Å². The summed E-state index contributed by atoms with van der Waals surface area (Å²) in [5.74, 6) is 2.97. The molecule has 0 saturated heterocycles. The van der Waals surface area contributed by atoms with Gasteiger partial charge in [0, 0.05) is 11.6 Å². The molecule has 5 rings (SSSR count). The zero-order valence-corrected chi connectivity index (χ0v) is 20.4. The summed E-state index contributed by atoms with van der Waals surface area (Å²) in [6.07, 6.45) is 7.18. The van der Waals surface area contributed by atoms with E-state index in [1.165, 1.54) is 12.8 Å². The van der Waals surface area contributed by atoms with E-state index in [-0.39, 0.29) is 6.04 Å². The lowest BCUT2D eigenvalue weighted by molar-refractivity contribution is 0.306. The van der Waals surface area contributed by atoms with Crippen molar-refractivity contribution < 1.29 is 4.74 Å². The lowest BCUT2D eigenvalue weighted by Crippen LogP contribution is -2.57. The van der Waals surface area contributed by atoms with Crippen LogP contribution in [0.4, 0.5) is 11.5 Å². The van der Waals surface area contributed by atoms with E-state index in [4.69, 9.17) is 20.5 Å². The van der Waals surface area contributed by atoms with E-state index in [1.807, 2.05) is 54.6 Å². The molecule has 0 unspecified atom stereocenters. The number of nitrogens with one attached hydrogen (secondary N) is 2. The Hall–Kier alpha value is -3.74. The molecule has 1 aliphatic carbocycles. The third-order valence-electron chi connectivity index (χ3n) is 6.91. The van der Waals surface area contributed by atoms with Gasteiger partial charge in [0.2, 0.25) is 0 Å². The SMILES string of the molecule is CC[C@@H]1C(=N)N(C(C)=N)c2cnc(-c3cccc(OCc4ccccc4)c3)nc2N1C1CCCC1. The summed E-state index contributed by atoms with van der Waals surface area (Å²) in [7, 11) is 0. The molecular weight excluding hydrogens is 436 g/mol. The Morgan fingerprint density at radius 3 is 2.57 bits per heavy atom. The maximum Gasteiger partial charge on any atom is 0.161 e. The largest absolute Gasteiger partial charge is 0.489 e.